The number of piperidine rings is 3. The number of nitrogens with zero attached hydrogens (tertiary/aromatic N) is 1. The molecule has 25 heavy (non-hydrogen) atoms. The number of hydrogen-bond acceptors (Lipinski definition) is 3. The number of fused-ring (bicyclic) bond motifs is 3. The van der Waals surface area contributed by atoms with E-state index in [4.69, 9.17) is 4.84 Å². The summed E-state index contributed by atoms with van der Waals surface area (Å²) in [4.78, 5) is 18.0. The molecule has 1 atom stereocenters. The fraction of sp³-hybridized carbons (Fsp3) is 0.381. The molecule has 4 heteroatoms. The van der Waals surface area contributed by atoms with E-state index >= 15 is 0 Å². The summed E-state index contributed by atoms with van der Waals surface area (Å²) in [6.45, 7) is 3.24. The van der Waals surface area contributed by atoms with E-state index in [-0.39, 0.29) is 5.97 Å². The lowest BCUT2D eigenvalue weighted by atomic mass is 9.75. The van der Waals surface area contributed by atoms with E-state index in [1.165, 1.54) is 12.5 Å². The third-order valence-electron chi connectivity index (χ3n) is 5.76. The van der Waals surface area contributed by atoms with Gasteiger partial charge in [-0.2, -0.15) is 0 Å². The summed E-state index contributed by atoms with van der Waals surface area (Å²) in [5, 5.41) is 3.78. The van der Waals surface area contributed by atoms with Crippen molar-refractivity contribution in [3.05, 3.63) is 66.2 Å². The van der Waals surface area contributed by atoms with Crippen LogP contribution in [0.5, 0.6) is 0 Å². The molecular weight excluding hydrogens is 312 g/mol. The predicted molar refractivity (Wildman–Crippen MR) is 97.3 cm³/mol. The third kappa shape index (κ3) is 2.71. The zero-order chi connectivity index (χ0) is 17.3. The van der Waals surface area contributed by atoms with Crippen molar-refractivity contribution in [2.45, 2.75) is 31.8 Å². The maximum Gasteiger partial charge on any atom is 0.363 e. The Morgan fingerprint density at radius 1 is 1.04 bits per heavy atom. The molecule has 0 amide bonds. The van der Waals surface area contributed by atoms with Crippen molar-refractivity contribution in [1.82, 2.24) is 0 Å². The van der Waals surface area contributed by atoms with Crippen LogP contribution in [0.2, 0.25) is 0 Å². The van der Waals surface area contributed by atoms with Crippen LogP contribution < -0.4 is 5.32 Å². The maximum absolute atomic E-state index is 12.0. The van der Waals surface area contributed by atoms with Gasteiger partial charge >= 0.3 is 5.97 Å². The first-order valence-corrected chi connectivity index (χ1v) is 9.10. The molecule has 3 heterocycles. The Kier molecular flexibility index (Phi) is 4.00. The van der Waals surface area contributed by atoms with Gasteiger partial charge in [0.15, 0.2) is 0 Å². The van der Waals surface area contributed by atoms with Gasteiger partial charge < -0.3 is 5.32 Å². The average molecular weight is 337 g/mol. The first-order valence-electron chi connectivity index (χ1n) is 9.10. The average Bonchev–Trinajstić information content (AvgIpc) is 2.64. The van der Waals surface area contributed by atoms with E-state index in [9.17, 15) is 4.79 Å². The van der Waals surface area contributed by atoms with Crippen molar-refractivity contribution in [3.8, 4) is 0 Å². The van der Waals surface area contributed by atoms with E-state index in [0.29, 0.717) is 10.6 Å². The van der Waals surface area contributed by atoms with Crippen LogP contribution in [0.25, 0.3) is 0 Å². The third-order valence-corrected chi connectivity index (χ3v) is 5.76. The molecule has 3 aliphatic rings. The SMILES string of the molecule is CC(=O)O[N+]12CCC(CC1)CC2(Nc1ccccc1)c1ccccc1. The summed E-state index contributed by atoms with van der Waals surface area (Å²) in [5.74, 6) is 0.447. The zero-order valence-electron chi connectivity index (χ0n) is 14.7. The molecule has 5 rings (SSSR count). The van der Waals surface area contributed by atoms with Crippen LogP contribution in [-0.4, -0.2) is 23.7 Å². The van der Waals surface area contributed by atoms with Crippen molar-refractivity contribution in [1.29, 1.82) is 0 Å². The minimum Gasteiger partial charge on any atom is -0.327 e. The summed E-state index contributed by atoms with van der Waals surface area (Å²) in [6.07, 6.45) is 3.19. The number of nitrogens with one attached hydrogen (secondary N) is 1. The van der Waals surface area contributed by atoms with E-state index in [1.807, 2.05) is 24.3 Å². The zero-order valence-corrected chi connectivity index (χ0v) is 14.7. The van der Waals surface area contributed by atoms with Crippen molar-refractivity contribution in [2.75, 3.05) is 18.4 Å². The highest BCUT2D eigenvalue weighted by Gasteiger charge is 2.63. The molecule has 130 valence electrons. The number of anilines is 1. The number of para-hydroxylation sites is 1. The van der Waals surface area contributed by atoms with Crippen LogP contribution in [-0.2, 0) is 15.3 Å². The van der Waals surface area contributed by atoms with Gasteiger partial charge in [-0.05, 0) is 18.1 Å². The lowest BCUT2D eigenvalue weighted by Crippen LogP contribution is -2.72. The highest BCUT2D eigenvalue weighted by molar-refractivity contribution is 5.65. The number of rotatable bonds is 4. The maximum atomic E-state index is 12.0. The highest BCUT2D eigenvalue weighted by atomic mass is 16.8. The molecule has 0 aliphatic carbocycles. The second-order valence-corrected chi connectivity index (χ2v) is 7.28. The molecule has 1 N–H and O–H groups in total. The lowest BCUT2D eigenvalue weighted by Gasteiger charge is -2.57. The van der Waals surface area contributed by atoms with Gasteiger partial charge in [-0.15, -0.1) is 4.65 Å². The Bertz CT molecular complexity index is 739. The Morgan fingerprint density at radius 3 is 2.24 bits per heavy atom. The van der Waals surface area contributed by atoms with E-state index in [0.717, 1.165) is 38.0 Å². The quantitative estimate of drug-likeness (QED) is 0.855. The highest BCUT2D eigenvalue weighted by Crippen LogP contribution is 2.51. The molecule has 4 nitrogen and oxygen atoms in total. The minimum atomic E-state index is -0.435. The molecule has 3 fully saturated rings. The van der Waals surface area contributed by atoms with Crippen LogP contribution in [0.4, 0.5) is 5.69 Å². The smallest absolute Gasteiger partial charge is 0.327 e. The number of carbonyl (C=O) groups excluding carboxylic acids is 1. The van der Waals surface area contributed by atoms with Crippen molar-refractivity contribution in [3.63, 3.8) is 0 Å². The molecule has 2 aromatic rings. The van der Waals surface area contributed by atoms with E-state index in [2.05, 4.69) is 41.7 Å². The van der Waals surface area contributed by atoms with E-state index < -0.39 is 5.66 Å². The Morgan fingerprint density at radius 2 is 1.64 bits per heavy atom. The predicted octanol–water partition coefficient (Wildman–Crippen LogP) is 4.06. The number of hydroxylamine groups is 3. The van der Waals surface area contributed by atoms with Crippen LogP contribution in [0.3, 0.4) is 0 Å². The molecule has 0 saturated carbocycles. The summed E-state index contributed by atoms with van der Waals surface area (Å²) in [6, 6.07) is 20.7. The first kappa shape index (κ1) is 16.2. The minimum absolute atomic E-state index is 0.212. The van der Waals surface area contributed by atoms with Crippen molar-refractivity contribution >= 4 is 11.7 Å². The van der Waals surface area contributed by atoms with Gasteiger partial charge in [-0.25, -0.2) is 4.79 Å². The summed E-state index contributed by atoms with van der Waals surface area (Å²) in [7, 11) is 0. The summed E-state index contributed by atoms with van der Waals surface area (Å²) < 4.78 is 0.345. The number of hydrogen-bond donors (Lipinski definition) is 1. The second kappa shape index (κ2) is 6.19. The normalized spacial score (nSPS) is 30.7. The lowest BCUT2D eigenvalue weighted by molar-refractivity contribution is -1.14. The van der Waals surface area contributed by atoms with Gasteiger partial charge in [-0.3, -0.25) is 4.84 Å². The van der Waals surface area contributed by atoms with Crippen LogP contribution >= 0.6 is 0 Å². The monoisotopic (exact) mass is 337 g/mol. The molecular formula is C21H25N2O2+. The number of quaternary nitrogens is 1. The van der Waals surface area contributed by atoms with Gasteiger partial charge in [0.2, 0.25) is 5.66 Å². The topological polar surface area (TPSA) is 38.3 Å². The van der Waals surface area contributed by atoms with Crippen LogP contribution in [0, 0.1) is 5.92 Å². The van der Waals surface area contributed by atoms with Gasteiger partial charge in [0.25, 0.3) is 0 Å². The first-order chi connectivity index (χ1) is 12.1. The molecule has 2 bridgehead atoms. The van der Waals surface area contributed by atoms with Gasteiger partial charge in [-0.1, -0.05) is 48.5 Å². The molecule has 1 unspecified atom stereocenters. The number of carbonyl (C=O) groups is 1. The fourth-order valence-electron chi connectivity index (χ4n) is 4.68. The molecule has 0 aromatic heterocycles. The van der Waals surface area contributed by atoms with Crippen molar-refractivity contribution in [2.24, 2.45) is 5.92 Å². The molecule has 3 saturated heterocycles. The van der Waals surface area contributed by atoms with Crippen LogP contribution in [0.1, 0.15) is 31.7 Å². The second-order valence-electron chi connectivity index (χ2n) is 7.28. The number of benzene rings is 2. The summed E-state index contributed by atoms with van der Waals surface area (Å²) >= 11 is 0. The fourth-order valence-corrected chi connectivity index (χ4v) is 4.68. The van der Waals surface area contributed by atoms with Gasteiger partial charge in [0.05, 0.1) is 0 Å². The van der Waals surface area contributed by atoms with Gasteiger partial charge in [0, 0.05) is 37.4 Å². The van der Waals surface area contributed by atoms with Crippen molar-refractivity contribution < 1.29 is 14.3 Å². The standard InChI is InChI=1S/C21H25N2O2/c1-17(24)25-23-14-12-18(13-15-23)16-21(23,19-8-4-2-5-9-19)22-20-10-6-3-7-11-20/h2-11,18,22H,12-16H2,1H3/q+1. The molecule has 3 aliphatic heterocycles. The summed E-state index contributed by atoms with van der Waals surface area (Å²) in [5.41, 5.74) is 1.81. The Labute approximate surface area is 149 Å². The van der Waals surface area contributed by atoms with Crippen LogP contribution in [0.15, 0.2) is 60.7 Å². The Balaban J connectivity index is 1.85. The largest absolute Gasteiger partial charge is 0.363 e. The Hall–Kier alpha value is -2.33. The molecule has 2 aromatic carbocycles. The molecule has 0 radical (unpaired) electrons. The molecule has 0 spiro atoms. The van der Waals surface area contributed by atoms with Gasteiger partial charge in [0.1, 0.15) is 13.1 Å². The van der Waals surface area contributed by atoms with E-state index in [1.54, 1.807) is 0 Å².